The van der Waals surface area contributed by atoms with Gasteiger partial charge in [-0.25, -0.2) is 9.59 Å². The maximum absolute atomic E-state index is 12.4. The van der Waals surface area contributed by atoms with Crippen molar-refractivity contribution in [2.24, 2.45) is 0 Å². The van der Waals surface area contributed by atoms with E-state index in [4.69, 9.17) is 18.1 Å². The van der Waals surface area contributed by atoms with Crippen LogP contribution in [0.2, 0.25) is 0 Å². The standard InChI is InChI=1S/C15H8O11S/c1-23-11-6(16)2-4-9-8-5(15(19)25-13(9)11)3-7(26-27(20,21)22)10(17)12(8)24-14(4)18/h2-3,16-17H,1H3,(H,20,21,22). The lowest BCUT2D eigenvalue weighted by atomic mass is 10.0. The van der Waals surface area contributed by atoms with Gasteiger partial charge in [-0.2, -0.15) is 8.42 Å². The number of phenolic OH excluding ortho intramolecular Hbond substituents is 2. The molecule has 0 aliphatic carbocycles. The molecule has 4 rings (SSSR count). The molecule has 27 heavy (non-hydrogen) atoms. The molecular weight excluding hydrogens is 388 g/mol. The zero-order valence-corrected chi connectivity index (χ0v) is 14.0. The number of benzene rings is 2. The lowest BCUT2D eigenvalue weighted by Crippen LogP contribution is -2.10. The molecule has 11 nitrogen and oxygen atoms in total. The molecule has 0 aliphatic rings. The molecule has 0 spiro atoms. The Bertz CT molecular complexity index is 1460. The largest absolute Gasteiger partial charge is 0.504 e. The monoisotopic (exact) mass is 396 g/mol. The van der Waals surface area contributed by atoms with E-state index in [2.05, 4.69) is 4.18 Å². The van der Waals surface area contributed by atoms with Gasteiger partial charge in [-0.3, -0.25) is 4.55 Å². The van der Waals surface area contributed by atoms with Crippen LogP contribution in [0.5, 0.6) is 23.0 Å². The molecular formula is C15H8O11S. The molecule has 0 fully saturated rings. The molecule has 0 radical (unpaired) electrons. The fourth-order valence-corrected chi connectivity index (χ4v) is 3.29. The minimum atomic E-state index is -5.05. The Hall–Kier alpha value is -3.51. The highest BCUT2D eigenvalue weighted by Crippen LogP contribution is 2.45. The fraction of sp³-hybridized carbons (Fsp3) is 0.0667. The minimum absolute atomic E-state index is 0.000736. The van der Waals surface area contributed by atoms with E-state index in [1.807, 2.05) is 0 Å². The highest BCUT2D eigenvalue weighted by molar-refractivity contribution is 7.81. The van der Waals surface area contributed by atoms with Gasteiger partial charge in [0.25, 0.3) is 0 Å². The summed E-state index contributed by atoms with van der Waals surface area (Å²) in [5, 5.41) is 19.7. The number of aromatic hydroxyl groups is 2. The first kappa shape index (κ1) is 16.9. The summed E-state index contributed by atoms with van der Waals surface area (Å²) in [6.07, 6.45) is 0. The number of rotatable bonds is 3. The van der Waals surface area contributed by atoms with Gasteiger partial charge < -0.3 is 28.0 Å². The third-order valence-electron chi connectivity index (χ3n) is 3.92. The van der Waals surface area contributed by atoms with Crippen molar-refractivity contribution in [1.82, 2.24) is 0 Å². The summed E-state index contributed by atoms with van der Waals surface area (Å²) in [4.78, 5) is 24.7. The molecule has 4 aromatic rings. The summed E-state index contributed by atoms with van der Waals surface area (Å²) >= 11 is 0. The van der Waals surface area contributed by atoms with Crippen molar-refractivity contribution in [3.8, 4) is 23.0 Å². The second-order valence-electron chi connectivity index (χ2n) is 5.45. The third kappa shape index (κ3) is 2.34. The number of ether oxygens (including phenoxy) is 1. The average Bonchev–Trinajstić information content (AvgIpc) is 2.56. The molecule has 0 bridgehead atoms. The fourth-order valence-electron chi connectivity index (χ4n) is 2.94. The SMILES string of the molecule is COc1c(O)cc2c(=O)oc3c(O)c(OS(=O)(=O)O)cc4c(=O)oc1c2c34. The van der Waals surface area contributed by atoms with Gasteiger partial charge in [0.2, 0.25) is 11.5 Å². The molecule has 0 amide bonds. The van der Waals surface area contributed by atoms with Gasteiger partial charge in [-0.1, -0.05) is 0 Å². The first-order valence-electron chi connectivity index (χ1n) is 7.08. The Labute approximate surface area is 147 Å². The van der Waals surface area contributed by atoms with Crippen LogP contribution in [-0.4, -0.2) is 30.3 Å². The lowest BCUT2D eigenvalue weighted by molar-refractivity contribution is 0.367. The van der Waals surface area contributed by atoms with Crippen LogP contribution < -0.4 is 20.2 Å². The molecule has 3 N–H and O–H groups in total. The van der Waals surface area contributed by atoms with Crippen LogP contribution in [0, 0.1) is 0 Å². The average molecular weight is 396 g/mol. The van der Waals surface area contributed by atoms with Crippen LogP contribution >= 0.6 is 0 Å². The molecule has 0 unspecified atom stereocenters. The Morgan fingerprint density at radius 1 is 0.963 bits per heavy atom. The molecule has 0 aliphatic heterocycles. The second-order valence-corrected chi connectivity index (χ2v) is 6.47. The lowest BCUT2D eigenvalue weighted by Gasteiger charge is -2.13. The van der Waals surface area contributed by atoms with Gasteiger partial charge in [0.05, 0.1) is 17.9 Å². The number of hydrogen-bond donors (Lipinski definition) is 3. The first-order chi connectivity index (χ1) is 12.6. The van der Waals surface area contributed by atoms with Crippen molar-refractivity contribution in [3.63, 3.8) is 0 Å². The van der Waals surface area contributed by atoms with Gasteiger partial charge in [0, 0.05) is 16.8 Å². The van der Waals surface area contributed by atoms with Crippen molar-refractivity contribution in [1.29, 1.82) is 0 Å². The predicted molar refractivity (Wildman–Crippen MR) is 89.3 cm³/mol. The summed E-state index contributed by atoms with van der Waals surface area (Å²) in [5.41, 5.74) is -2.91. The number of methoxy groups -OCH3 is 1. The third-order valence-corrected chi connectivity index (χ3v) is 4.31. The van der Waals surface area contributed by atoms with Crippen molar-refractivity contribution in [2.75, 3.05) is 7.11 Å². The van der Waals surface area contributed by atoms with E-state index in [1.165, 1.54) is 7.11 Å². The maximum Gasteiger partial charge on any atom is 0.446 e. The summed E-state index contributed by atoms with van der Waals surface area (Å²) < 4.78 is 50.0. The van der Waals surface area contributed by atoms with E-state index in [0.29, 0.717) is 0 Å². The van der Waals surface area contributed by atoms with Crippen molar-refractivity contribution < 1.29 is 40.9 Å². The Morgan fingerprint density at radius 2 is 1.52 bits per heavy atom. The summed E-state index contributed by atoms with van der Waals surface area (Å²) in [6.45, 7) is 0. The normalized spacial score (nSPS) is 12.2. The van der Waals surface area contributed by atoms with E-state index in [9.17, 15) is 28.2 Å². The molecule has 0 atom stereocenters. The molecule has 12 heteroatoms. The van der Waals surface area contributed by atoms with Gasteiger partial charge in [-0.15, -0.1) is 0 Å². The van der Waals surface area contributed by atoms with Crippen molar-refractivity contribution in [3.05, 3.63) is 33.0 Å². The van der Waals surface area contributed by atoms with Gasteiger partial charge in [0.15, 0.2) is 22.7 Å². The zero-order valence-electron chi connectivity index (χ0n) is 13.2. The topological polar surface area (TPSA) is 174 Å². The zero-order chi connectivity index (χ0) is 19.7. The highest BCUT2D eigenvalue weighted by atomic mass is 32.3. The molecule has 0 saturated carbocycles. The number of hydrogen-bond acceptors (Lipinski definition) is 10. The Kier molecular flexibility index (Phi) is 3.29. The summed E-state index contributed by atoms with van der Waals surface area (Å²) in [6, 6.07) is 1.83. The van der Waals surface area contributed by atoms with Gasteiger partial charge >= 0.3 is 21.7 Å². The van der Waals surface area contributed by atoms with Crippen LogP contribution in [-0.2, 0) is 10.4 Å². The highest BCUT2D eigenvalue weighted by Gasteiger charge is 2.27. The van der Waals surface area contributed by atoms with Gasteiger partial charge in [-0.05, 0) is 6.07 Å². The van der Waals surface area contributed by atoms with Gasteiger partial charge in [0.1, 0.15) is 0 Å². The smallest absolute Gasteiger partial charge is 0.446 e. The second kappa shape index (κ2) is 5.25. The molecule has 2 aromatic heterocycles. The van der Waals surface area contributed by atoms with Crippen LogP contribution in [0.3, 0.4) is 0 Å². The minimum Gasteiger partial charge on any atom is -0.504 e. The molecule has 2 heterocycles. The van der Waals surface area contributed by atoms with Crippen LogP contribution in [0.1, 0.15) is 0 Å². The number of phenols is 2. The Balaban J connectivity index is 2.33. The maximum atomic E-state index is 12.4. The summed E-state index contributed by atoms with van der Waals surface area (Å²) in [7, 11) is -3.85. The van der Waals surface area contributed by atoms with E-state index in [0.717, 1.165) is 12.1 Å². The van der Waals surface area contributed by atoms with E-state index < -0.39 is 44.5 Å². The Morgan fingerprint density at radius 3 is 2.11 bits per heavy atom. The molecule has 140 valence electrons. The van der Waals surface area contributed by atoms with Crippen molar-refractivity contribution in [2.45, 2.75) is 0 Å². The molecule has 0 saturated heterocycles. The van der Waals surface area contributed by atoms with Crippen LogP contribution in [0.25, 0.3) is 32.7 Å². The predicted octanol–water partition coefficient (Wildman–Crippen LogP) is 1.09. The van der Waals surface area contributed by atoms with Crippen molar-refractivity contribution >= 4 is 43.1 Å². The van der Waals surface area contributed by atoms with E-state index in [1.54, 1.807) is 0 Å². The first-order valence-corrected chi connectivity index (χ1v) is 8.44. The van der Waals surface area contributed by atoms with E-state index in [-0.39, 0.29) is 32.9 Å². The van der Waals surface area contributed by atoms with Crippen LogP contribution in [0.15, 0.2) is 30.6 Å². The summed E-state index contributed by atoms with van der Waals surface area (Å²) in [5.74, 6) is -2.52. The molecule has 2 aromatic carbocycles. The quantitative estimate of drug-likeness (QED) is 0.257. The van der Waals surface area contributed by atoms with Crippen LogP contribution in [0.4, 0.5) is 0 Å². The van der Waals surface area contributed by atoms with E-state index >= 15 is 0 Å².